The van der Waals surface area contributed by atoms with E-state index in [1.54, 1.807) is 0 Å². The third kappa shape index (κ3) is 3.53. The van der Waals surface area contributed by atoms with E-state index in [0.29, 0.717) is 28.6 Å². The van der Waals surface area contributed by atoms with Crippen LogP contribution in [0.2, 0.25) is 0 Å². The zero-order valence-corrected chi connectivity index (χ0v) is 23.7. The summed E-state index contributed by atoms with van der Waals surface area (Å²) in [6, 6.07) is 42.2. The zero-order chi connectivity index (χ0) is 29.5. The van der Waals surface area contributed by atoms with E-state index in [1.807, 2.05) is 109 Å². The van der Waals surface area contributed by atoms with Crippen molar-refractivity contribution in [1.29, 1.82) is 0 Å². The number of rotatable bonds is 3. The highest BCUT2D eigenvalue weighted by atomic mass is 16.3. The van der Waals surface area contributed by atoms with Gasteiger partial charge in [0.15, 0.2) is 17.5 Å². The van der Waals surface area contributed by atoms with E-state index in [1.165, 1.54) is 0 Å². The van der Waals surface area contributed by atoms with Gasteiger partial charge in [0.1, 0.15) is 33.5 Å². The highest BCUT2D eigenvalue weighted by Crippen LogP contribution is 2.47. The molecule has 6 aromatic carbocycles. The molecule has 10 aromatic rings. The second-order valence-corrected chi connectivity index (χ2v) is 11.2. The number of benzene rings is 6. The Bertz CT molecular complexity index is 2700. The van der Waals surface area contributed by atoms with Crippen LogP contribution in [0.15, 0.2) is 141 Å². The van der Waals surface area contributed by atoms with Crippen LogP contribution < -0.4 is 0 Å². The van der Waals surface area contributed by atoms with Crippen LogP contribution in [0, 0.1) is 0 Å². The van der Waals surface area contributed by atoms with E-state index < -0.39 is 0 Å². The predicted octanol–water partition coefficient (Wildman–Crippen LogP) is 10.6. The number of furan rings is 3. The summed E-state index contributed by atoms with van der Waals surface area (Å²) >= 11 is 0. The molecule has 45 heavy (non-hydrogen) atoms. The molecule has 0 N–H and O–H groups in total. The monoisotopic (exact) mass is 579 g/mol. The largest absolute Gasteiger partial charge is 0.456 e. The molecule has 0 aliphatic rings. The molecule has 0 saturated carbocycles. The van der Waals surface area contributed by atoms with Crippen LogP contribution in [0.25, 0.3) is 100.0 Å². The molecular formula is C39H21N3O3. The van der Waals surface area contributed by atoms with Gasteiger partial charge in [-0.05, 0) is 30.3 Å². The molecule has 0 aliphatic carbocycles. The highest BCUT2D eigenvalue weighted by Gasteiger charge is 2.25. The number of aromatic nitrogens is 3. The van der Waals surface area contributed by atoms with Crippen molar-refractivity contribution in [2.24, 2.45) is 0 Å². The number of fused-ring (bicyclic) bond motifs is 11. The molecule has 4 aromatic heterocycles. The van der Waals surface area contributed by atoms with E-state index in [9.17, 15) is 0 Å². The van der Waals surface area contributed by atoms with Gasteiger partial charge in [-0.25, -0.2) is 15.0 Å². The minimum absolute atomic E-state index is 0.503. The first-order valence-electron chi connectivity index (χ1n) is 14.8. The molecule has 6 heteroatoms. The summed E-state index contributed by atoms with van der Waals surface area (Å²) in [6.45, 7) is 0. The van der Waals surface area contributed by atoms with Crippen molar-refractivity contribution in [3.63, 3.8) is 0 Å². The maximum absolute atomic E-state index is 6.65. The molecule has 10 rings (SSSR count). The fourth-order valence-electron chi connectivity index (χ4n) is 6.51. The SMILES string of the molecule is c1ccc(-c2nc(-c3ccccc3)nc(-c3cc4oc5ccc6c7ccccc7oc6c5c4c4c3oc3ccccc34)n2)cc1. The Hall–Kier alpha value is -6.27. The van der Waals surface area contributed by atoms with Crippen LogP contribution >= 0.6 is 0 Å². The minimum Gasteiger partial charge on any atom is -0.456 e. The summed E-state index contributed by atoms with van der Waals surface area (Å²) in [5, 5.41) is 5.90. The van der Waals surface area contributed by atoms with E-state index in [-0.39, 0.29) is 0 Å². The van der Waals surface area contributed by atoms with Crippen LogP contribution in [0.4, 0.5) is 0 Å². The molecule has 0 amide bonds. The molecular weight excluding hydrogens is 558 g/mol. The molecule has 0 spiro atoms. The third-order valence-electron chi connectivity index (χ3n) is 8.53. The Labute approximate surface area is 255 Å². The fraction of sp³-hybridized carbons (Fsp3) is 0. The first kappa shape index (κ1) is 24.2. The summed E-state index contributed by atoms with van der Waals surface area (Å²) in [7, 11) is 0. The van der Waals surface area contributed by atoms with E-state index in [2.05, 4.69) is 18.2 Å². The van der Waals surface area contributed by atoms with Crippen molar-refractivity contribution >= 4 is 65.8 Å². The van der Waals surface area contributed by atoms with Gasteiger partial charge in [-0.1, -0.05) is 97.1 Å². The van der Waals surface area contributed by atoms with Crippen LogP contribution in [0.1, 0.15) is 0 Å². The summed E-state index contributed by atoms with van der Waals surface area (Å²) in [4.78, 5) is 14.9. The second-order valence-electron chi connectivity index (χ2n) is 11.2. The topological polar surface area (TPSA) is 78.1 Å². The van der Waals surface area contributed by atoms with Crippen LogP contribution in [0.5, 0.6) is 0 Å². The zero-order valence-electron chi connectivity index (χ0n) is 23.7. The molecule has 210 valence electrons. The van der Waals surface area contributed by atoms with Gasteiger partial charge in [0, 0.05) is 38.1 Å². The lowest BCUT2D eigenvalue weighted by Crippen LogP contribution is -2.00. The standard InChI is InChI=1S/C39H21N3O3/c1-3-11-22(12-4-1)37-40-38(23-13-5-2-6-14-23)42-39(41-37)27-21-31-33(32-26-16-8-10-18-29(26)45-36(27)32)34-30(43-31)20-19-25-24-15-7-9-17-28(24)44-35(25)34/h1-21H. The average molecular weight is 580 g/mol. The van der Waals surface area contributed by atoms with Crippen LogP contribution in [0.3, 0.4) is 0 Å². The number of hydrogen-bond donors (Lipinski definition) is 0. The molecule has 0 saturated heterocycles. The predicted molar refractivity (Wildman–Crippen MR) is 178 cm³/mol. The number of para-hydroxylation sites is 2. The Morgan fingerprint density at radius 2 is 0.933 bits per heavy atom. The maximum atomic E-state index is 6.65. The van der Waals surface area contributed by atoms with Crippen molar-refractivity contribution in [3.8, 4) is 34.2 Å². The van der Waals surface area contributed by atoms with Gasteiger partial charge in [0.05, 0.1) is 10.9 Å². The van der Waals surface area contributed by atoms with Gasteiger partial charge in [0.2, 0.25) is 0 Å². The van der Waals surface area contributed by atoms with E-state index in [4.69, 9.17) is 28.2 Å². The number of nitrogens with zero attached hydrogens (tertiary/aromatic N) is 3. The smallest absolute Gasteiger partial charge is 0.168 e. The van der Waals surface area contributed by atoms with Gasteiger partial charge in [-0.3, -0.25) is 0 Å². The van der Waals surface area contributed by atoms with Crippen molar-refractivity contribution in [2.45, 2.75) is 0 Å². The maximum Gasteiger partial charge on any atom is 0.168 e. The van der Waals surface area contributed by atoms with Crippen molar-refractivity contribution in [1.82, 2.24) is 15.0 Å². The molecule has 0 aliphatic heterocycles. The van der Waals surface area contributed by atoms with Gasteiger partial charge in [-0.2, -0.15) is 0 Å². The lowest BCUT2D eigenvalue weighted by molar-refractivity contribution is 0.660. The fourth-order valence-corrected chi connectivity index (χ4v) is 6.51. The van der Waals surface area contributed by atoms with Gasteiger partial charge < -0.3 is 13.3 Å². The quantitative estimate of drug-likeness (QED) is 0.207. The molecule has 0 bridgehead atoms. The number of hydrogen-bond acceptors (Lipinski definition) is 6. The van der Waals surface area contributed by atoms with E-state index >= 15 is 0 Å². The lowest BCUT2D eigenvalue weighted by Gasteiger charge is -2.09. The van der Waals surface area contributed by atoms with Crippen molar-refractivity contribution in [3.05, 3.63) is 127 Å². The molecule has 6 nitrogen and oxygen atoms in total. The summed E-state index contributed by atoms with van der Waals surface area (Å²) in [5.41, 5.74) is 7.06. The van der Waals surface area contributed by atoms with Crippen molar-refractivity contribution in [2.75, 3.05) is 0 Å². The normalized spacial score (nSPS) is 12.0. The first-order valence-corrected chi connectivity index (χ1v) is 14.8. The highest BCUT2D eigenvalue weighted by molar-refractivity contribution is 6.32. The van der Waals surface area contributed by atoms with Gasteiger partial charge in [0.25, 0.3) is 0 Å². The van der Waals surface area contributed by atoms with Gasteiger partial charge >= 0.3 is 0 Å². The Balaban J connectivity index is 1.35. The van der Waals surface area contributed by atoms with E-state index in [0.717, 1.165) is 71.3 Å². The molecule has 4 heterocycles. The Kier molecular flexibility index (Phi) is 4.90. The van der Waals surface area contributed by atoms with Crippen molar-refractivity contribution < 1.29 is 13.3 Å². The molecule has 0 atom stereocenters. The van der Waals surface area contributed by atoms with Crippen LogP contribution in [-0.2, 0) is 0 Å². The molecule has 0 radical (unpaired) electrons. The first-order chi connectivity index (χ1) is 22.3. The average Bonchev–Trinajstić information content (AvgIpc) is 3.79. The van der Waals surface area contributed by atoms with Crippen LogP contribution in [-0.4, -0.2) is 15.0 Å². The second kappa shape index (κ2) is 9.11. The summed E-state index contributed by atoms with van der Waals surface area (Å²) in [5.74, 6) is 1.66. The third-order valence-corrected chi connectivity index (χ3v) is 8.53. The lowest BCUT2D eigenvalue weighted by atomic mass is 10.0. The Morgan fingerprint density at radius 3 is 1.64 bits per heavy atom. The van der Waals surface area contributed by atoms with Gasteiger partial charge in [-0.15, -0.1) is 0 Å². The molecule has 0 unspecified atom stereocenters. The Morgan fingerprint density at radius 1 is 0.356 bits per heavy atom. The minimum atomic E-state index is 0.503. The summed E-state index contributed by atoms with van der Waals surface area (Å²) in [6.07, 6.45) is 0. The summed E-state index contributed by atoms with van der Waals surface area (Å²) < 4.78 is 19.7. The molecule has 0 fully saturated rings.